The molecule has 0 spiro atoms. The Hall–Kier alpha value is -2.61. The van der Waals surface area contributed by atoms with Gasteiger partial charge in [0.05, 0.1) is 18.0 Å². The maximum atomic E-state index is 12.6. The van der Waals surface area contributed by atoms with Crippen molar-refractivity contribution in [2.75, 3.05) is 11.1 Å². The van der Waals surface area contributed by atoms with Crippen LogP contribution >= 0.6 is 11.8 Å². The summed E-state index contributed by atoms with van der Waals surface area (Å²) in [6.45, 7) is 4.88. The molecule has 8 heteroatoms. The third kappa shape index (κ3) is 4.43. The largest absolute Gasteiger partial charge is 0.310 e. The molecule has 1 saturated carbocycles. The van der Waals surface area contributed by atoms with Crippen molar-refractivity contribution < 1.29 is 4.79 Å². The zero-order valence-corrected chi connectivity index (χ0v) is 18.4. The molecule has 30 heavy (non-hydrogen) atoms. The van der Waals surface area contributed by atoms with Gasteiger partial charge in [-0.15, -0.1) is 10.2 Å². The Morgan fingerprint density at radius 3 is 2.73 bits per heavy atom. The van der Waals surface area contributed by atoms with Gasteiger partial charge >= 0.3 is 0 Å². The predicted octanol–water partition coefficient (Wildman–Crippen LogP) is 4.71. The van der Waals surface area contributed by atoms with E-state index in [1.165, 1.54) is 31.0 Å². The van der Waals surface area contributed by atoms with Gasteiger partial charge in [0.15, 0.2) is 11.0 Å². The molecule has 1 aliphatic rings. The van der Waals surface area contributed by atoms with Gasteiger partial charge in [0.1, 0.15) is 5.82 Å². The van der Waals surface area contributed by atoms with E-state index in [1.54, 1.807) is 6.20 Å². The van der Waals surface area contributed by atoms with Crippen molar-refractivity contribution in [2.45, 2.75) is 63.7 Å². The highest BCUT2D eigenvalue weighted by Crippen LogP contribution is 2.30. The second-order valence-corrected chi connectivity index (χ2v) is 8.60. The maximum absolute atomic E-state index is 12.6. The van der Waals surface area contributed by atoms with E-state index in [2.05, 4.69) is 51.2 Å². The minimum absolute atomic E-state index is 0.0549. The molecule has 1 N–H and O–H groups in total. The molecule has 3 aromatic rings. The van der Waals surface area contributed by atoms with Crippen LogP contribution in [-0.2, 0) is 11.3 Å². The highest BCUT2D eigenvalue weighted by Gasteiger charge is 2.20. The highest BCUT2D eigenvalue weighted by molar-refractivity contribution is 7.99. The minimum Gasteiger partial charge on any atom is -0.310 e. The number of hydrogen-bond donors (Lipinski definition) is 1. The number of aromatic nitrogens is 5. The van der Waals surface area contributed by atoms with E-state index in [0.717, 1.165) is 47.3 Å². The molecule has 0 radical (unpaired) electrons. The molecule has 1 fully saturated rings. The van der Waals surface area contributed by atoms with Gasteiger partial charge in [-0.1, -0.05) is 55.3 Å². The number of carbonyl (C=O) groups is 1. The fraction of sp³-hybridized carbons (Fsp3) is 0.455. The first-order chi connectivity index (χ1) is 14.7. The Balaban J connectivity index is 1.42. The van der Waals surface area contributed by atoms with Crippen molar-refractivity contribution in [3.05, 3.63) is 42.1 Å². The first-order valence-electron chi connectivity index (χ1n) is 10.6. The second-order valence-electron chi connectivity index (χ2n) is 7.66. The second kappa shape index (κ2) is 9.47. The molecule has 1 aromatic carbocycles. The number of thioether (sulfide) groups is 1. The van der Waals surface area contributed by atoms with Gasteiger partial charge in [-0.05, 0) is 32.3 Å². The van der Waals surface area contributed by atoms with Crippen molar-refractivity contribution in [3.63, 3.8) is 0 Å². The van der Waals surface area contributed by atoms with Crippen LogP contribution in [0.15, 0.2) is 41.7 Å². The number of nitrogens with zero attached hydrogens (tertiary/aromatic N) is 5. The Morgan fingerprint density at radius 2 is 1.97 bits per heavy atom. The number of carbonyl (C=O) groups excluding carboxylic acids is 1. The average Bonchev–Trinajstić information content (AvgIpc) is 3.39. The molecule has 0 atom stereocenters. The van der Waals surface area contributed by atoms with Crippen LogP contribution in [0.5, 0.6) is 0 Å². The Labute approximate surface area is 181 Å². The van der Waals surface area contributed by atoms with Crippen LogP contribution in [0.4, 0.5) is 5.82 Å². The van der Waals surface area contributed by atoms with Crippen LogP contribution in [0.2, 0.25) is 0 Å². The molecular weight excluding hydrogens is 396 g/mol. The normalized spacial score (nSPS) is 14.7. The number of anilines is 1. The zero-order valence-electron chi connectivity index (χ0n) is 17.5. The molecule has 7 nitrogen and oxygen atoms in total. The molecule has 1 amide bonds. The quantitative estimate of drug-likeness (QED) is 0.556. The molecule has 4 rings (SSSR count). The van der Waals surface area contributed by atoms with Crippen molar-refractivity contribution in [1.29, 1.82) is 0 Å². The number of nitrogens with one attached hydrogen (secondary N) is 1. The monoisotopic (exact) mass is 424 g/mol. The topological polar surface area (TPSA) is 77.6 Å². The Bertz CT molecular complexity index is 1000. The molecule has 1 aliphatic carbocycles. The number of benzene rings is 1. The third-order valence-corrected chi connectivity index (χ3v) is 6.58. The summed E-state index contributed by atoms with van der Waals surface area (Å²) >= 11 is 1.41. The SMILES string of the molecule is CCn1c(SCC(=O)Nc2ccnn2C2CCCCC2)nnc1-c1ccccc1C. The highest BCUT2D eigenvalue weighted by atomic mass is 32.2. The summed E-state index contributed by atoms with van der Waals surface area (Å²) in [4.78, 5) is 12.6. The lowest BCUT2D eigenvalue weighted by Gasteiger charge is -2.23. The van der Waals surface area contributed by atoms with Gasteiger partial charge in [0.2, 0.25) is 5.91 Å². The zero-order chi connectivity index (χ0) is 20.9. The first-order valence-corrected chi connectivity index (χ1v) is 11.6. The maximum Gasteiger partial charge on any atom is 0.235 e. The summed E-state index contributed by atoms with van der Waals surface area (Å²) in [7, 11) is 0. The van der Waals surface area contributed by atoms with Crippen LogP contribution in [-0.4, -0.2) is 36.2 Å². The van der Waals surface area contributed by atoms with E-state index in [0.29, 0.717) is 6.04 Å². The van der Waals surface area contributed by atoms with Crippen LogP contribution in [0.1, 0.15) is 50.6 Å². The summed E-state index contributed by atoms with van der Waals surface area (Å²) in [5.41, 5.74) is 2.23. The van der Waals surface area contributed by atoms with Crippen molar-refractivity contribution in [1.82, 2.24) is 24.5 Å². The van der Waals surface area contributed by atoms with Crippen LogP contribution in [0, 0.1) is 6.92 Å². The van der Waals surface area contributed by atoms with Gasteiger partial charge in [-0.25, -0.2) is 4.68 Å². The molecule has 0 bridgehead atoms. The minimum atomic E-state index is -0.0549. The van der Waals surface area contributed by atoms with Crippen molar-refractivity contribution in [2.24, 2.45) is 0 Å². The van der Waals surface area contributed by atoms with Gasteiger partial charge in [-0.3, -0.25) is 4.79 Å². The predicted molar refractivity (Wildman–Crippen MR) is 120 cm³/mol. The molecule has 0 saturated heterocycles. The average molecular weight is 425 g/mol. The summed E-state index contributed by atoms with van der Waals surface area (Å²) in [6.07, 6.45) is 7.76. The Kier molecular flexibility index (Phi) is 6.52. The first kappa shape index (κ1) is 20.7. The number of hydrogen-bond acceptors (Lipinski definition) is 5. The van der Waals surface area contributed by atoms with E-state index in [1.807, 2.05) is 22.9 Å². The molecule has 2 heterocycles. The lowest BCUT2D eigenvalue weighted by atomic mass is 9.96. The lowest BCUT2D eigenvalue weighted by Crippen LogP contribution is -2.21. The van der Waals surface area contributed by atoms with Crippen molar-refractivity contribution in [3.8, 4) is 11.4 Å². The van der Waals surface area contributed by atoms with E-state index in [-0.39, 0.29) is 11.7 Å². The van der Waals surface area contributed by atoms with Gasteiger partial charge < -0.3 is 9.88 Å². The van der Waals surface area contributed by atoms with Crippen LogP contribution in [0.3, 0.4) is 0 Å². The van der Waals surface area contributed by atoms with Gasteiger partial charge in [-0.2, -0.15) is 5.10 Å². The molecule has 0 aliphatic heterocycles. The van der Waals surface area contributed by atoms with Gasteiger partial charge in [0, 0.05) is 18.2 Å². The summed E-state index contributed by atoms with van der Waals surface area (Å²) in [5.74, 6) is 1.85. The fourth-order valence-corrected chi connectivity index (χ4v) is 4.84. The Morgan fingerprint density at radius 1 is 1.17 bits per heavy atom. The van der Waals surface area contributed by atoms with E-state index < -0.39 is 0 Å². The molecule has 158 valence electrons. The smallest absolute Gasteiger partial charge is 0.235 e. The third-order valence-electron chi connectivity index (χ3n) is 5.61. The van der Waals surface area contributed by atoms with E-state index in [4.69, 9.17) is 0 Å². The molecular formula is C22H28N6OS. The summed E-state index contributed by atoms with van der Waals surface area (Å²) in [6, 6.07) is 10.4. The molecule has 0 unspecified atom stereocenters. The number of rotatable bonds is 7. The number of aryl methyl sites for hydroxylation is 1. The van der Waals surface area contributed by atoms with E-state index in [9.17, 15) is 4.79 Å². The summed E-state index contributed by atoms with van der Waals surface area (Å²) < 4.78 is 4.04. The van der Waals surface area contributed by atoms with Crippen LogP contribution < -0.4 is 5.32 Å². The standard InChI is InChI=1S/C22H28N6OS/c1-3-27-21(18-12-8-7-9-16(18)2)25-26-22(27)30-15-20(29)24-19-13-14-23-28(19)17-10-5-4-6-11-17/h7-9,12-14,17H,3-6,10-11,15H2,1-2H3,(H,24,29). The van der Waals surface area contributed by atoms with E-state index >= 15 is 0 Å². The van der Waals surface area contributed by atoms with Crippen molar-refractivity contribution >= 4 is 23.5 Å². The van der Waals surface area contributed by atoms with Crippen LogP contribution in [0.25, 0.3) is 11.4 Å². The number of amides is 1. The fourth-order valence-electron chi connectivity index (χ4n) is 4.04. The lowest BCUT2D eigenvalue weighted by molar-refractivity contribution is -0.113. The molecule has 2 aromatic heterocycles. The summed E-state index contributed by atoms with van der Waals surface area (Å²) in [5, 5.41) is 17.0. The van der Waals surface area contributed by atoms with Gasteiger partial charge in [0.25, 0.3) is 0 Å².